The predicted octanol–water partition coefficient (Wildman–Crippen LogP) is 2.74. The van der Waals surface area contributed by atoms with Crippen LogP contribution in [0.2, 0.25) is 0 Å². The molecule has 2 aromatic rings. The molecule has 1 saturated heterocycles. The molecule has 1 aliphatic rings. The fourth-order valence-corrected chi connectivity index (χ4v) is 3.71. The van der Waals surface area contributed by atoms with E-state index in [1.54, 1.807) is 30.5 Å². The molecule has 2 N–H and O–H groups in total. The SMILES string of the molecule is O=C(COc1ccc(/C=N\NC(=O)CSCc2ccccc2)cc1)NC[C@@H]1CCCO1. The Hall–Kier alpha value is -2.84. The van der Waals surface area contributed by atoms with Gasteiger partial charge < -0.3 is 14.8 Å². The molecule has 1 atom stereocenters. The van der Waals surface area contributed by atoms with Crippen LogP contribution < -0.4 is 15.5 Å². The van der Waals surface area contributed by atoms with Crippen molar-refractivity contribution in [2.45, 2.75) is 24.7 Å². The molecule has 0 spiro atoms. The topological polar surface area (TPSA) is 89.0 Å². The average Bonchev–Trinajstić information content (AvgIpc) is 3.32. The first-order valence-electron chi connectivity index (χ1n) is 10.2. The molecule has 7 nitrogen and oxygen atoms in total. The van der Waals surface area contributed by atoms with Crippen molar-refractivity contribution in [2.24, 2.45) is 5.10 Å². The molecule has 1 aliphatic heterocycles. The van der Waals surface area contributed by atoms with E-state index >= 15 is 0 Å². The van der Waals surface area contributed by atoms with E-state index in [0.29, 0.717) is 18.0 Å². The van der Waals surface area contributed by atoms with Crippen LogP contribution in [-0.4, -0.2) is 49.6 Å². The average molecular weight is 442 g/mol. The summed E-state index contributed by atoms with van der Waals surface area (Å²) >= 11 is 1.54. The number of hydrogen-bond acceptors (Lipinski definition) is 6. The third kappa shape index (κ3) is 8.82. The second kappa shape index (κ2) is 12.8. The Morgan fingerprint density at radius 3 is 2.68 bits per heavy atom. The quantitative estimate of drug-likeness (QED) is 0.414. The Kier molecular flexibility index (Phi) is 9.40. The van der Waals surface area contributed by atoms with Gasteiger partial charge in [-0.3, -0.25) is 9.59 Å². The number of thioether (sulfide) groups is 1. The lowest BCUT2D eigenvalue weighted by Gasteiger charge is -2.11. The highest BCUT2D eigenvalue weighted by molar-refractivity contribution is 7.99. The van der Waals surface area contributed by atoms with Crippen LogP contribution in [0.15, 0.2) is 59.7 Å². The number of hydrazone groups is 1. The van der Waals surface area contributed by atoms with Crippen LogP contribution in [0.3, 0.4) is 0 Å². The number of carbonyl (C=O) groups excluding carboxylic acids is 2. The van der Waals surface area contributed by atoms with Gasteiger partial charge in [0.2, 0.25) is 5.91 Å². The van der Waals surface area contributed by atoms with Crippen molar-refractivity contribution in [2.75, 3.05) is 25.5 Å². The number of benzene rings is 2. The summed E-state index contributed by atoms with van der Waals surface area (Å²) in [6, 6.07) is 17.1. The molecule has 0 saturated carbocycles. The largest absolute Gasteiger partial charge is 0.484 e. The minimum atomic E-state index is -0.172. The highest BCUT2D eigenvalue weighted by Crippen LogP contribution is 2.13. The monoisotopic (exact) mass is 441 g/mol. The van der Waals surface area contributed by atoms with Crippen molar-refractivity contribution >= 4 is 29.8 Å². The van der Waals surface area contributed by atoms with Crippen LogP contribution >= 0.6 is 11.8 Å². The fraction of sp³-hybridized carbons (Fsp3) is 0.348. The maximum atomic E-state index is 11.9. The molecule has 0 bridgehead atoms. The van der Waals surface area contributed by atoms with Crippen LogP contribution in [0, 0.1) is 0 Å². The Balaban J connectivity index is 1.30. The van der Waals surface area contributed by atoms with Crippen molar-refractivity contribution in [1.29, 1.82) is 0 Å². The number of rotatable bonds is 11. The molecule has 0 aromatic heterocycles. The minimum absolute atomic E-state index is 0.0448. The highest BCUT2D eigenvalue weighted by atomic mass is 32.2. The number of carbonyl (C=O) groups is 2. The molecule has 0 aliphatic carbocycles. The summed E-state index contributed by atoms with van der Waals surface area (Å²) in [6.07, 6.45) is 3.71. The molecule has 1 fully saturated rings. The predicted molar refractivity (Wildman–Crippen MR) is 122 cm³/mol. The van der Waals surface area contributed by atoms with Gasteiger partial charge in [-0.1, -0.05) is 30.3 Å². The molecule has 2 amide bonds. The van der Waals surface area contributed by atoms with Crippen LogP contribution in [0.5, 0.6) is 5.75 Å². The third-order valence-corrected chi connectivity index (χ3v) is 5.55. The van der Waals surface area contributed by atoms with Crippen molar-refractivity contribution in [3.8, 4) is 5.75 Å². The van der Waals surface area contributed by atoms with Crippen LogP contribution in [0.25, 0.3) is 0 Å². The van der Waals surface area contributed by atoms with Gasteiger partial charge in [-0.25, -0.2) is 5.43 Å². The van der Waals surface area contributed by atoms with E-state index in [2.05, 4.69) is 15.8 Å². The normalized spacial score (nSPS) is 15.7. The van der Waals surface area contributed by atoms with E-state index in [-0.39, 0.29) is 24.5 Å². The molecule has 0 radical (unpaired) electrons. The summed E-state index contributed by atoms with van der Waals surface area (Å²) in [6.45, 7) is 1.24. The second-order valence-electron chi connectivity index (χ2n) is 7.07. The molecule has 3 rings (SSSR count). The molecule has 8 heteroatoms. The molecular weight excluding hydrogens is 414 g/mol. The van der Waals surface area contributed by atoms with Gasteiger partial charge in [0.05, 0.1) is 18.1 Å². The van der Waals surface area contributed by atoms with Gasteiger partial charge >= 0.3 is 0 Å². The third-order valence-electron chi connectivity index (χ3n) is 4.55. The first-order chi connectivity index (χ1) is 15.2. The number of amides is 2. The van der Waals surface area contributed by atoms with E-state index in [9.17, 15) is 9.59 Å². The van der Waals surface area contributed by atoms with E-state index in [0.717, 1.165) is 30.8 Å². The number of ether oxygens (including phenoxy) is 2. The summed E-state index contributed by atoms with van der Waals surface area (Å²) in [5.41, 5.74) is 4.52. The van der Waals surface area contributed by atoms with Gasteiger partial charge in [0.1, 0.15) is 5.75 Å². The summed E-state index contributed by atoms with van der Waals surface area (Å²) < 4.78 is 11.0. The number of hydrogen-bond donors (Lipinski definition) is 2. The highest BCUT2D eigenvalue weighted by Gasteiger charge is 2.16. The van der Waals surface area contributed by atoms with Crippen LogP contribution in [0.4, 0.5) is 0 Å². The summed E-state index contributed by atoms with van der Waals surface area (Å²) in [5.74, 6) is 1.39. The van der Waals surface area contributed by atoms with Crippen LogP contribution in [-0.2, 0) is 20.1 Å². The first kappa shape index (κ1) is 22.8. The lowest BCUT2D eigenvalue weighted by Crippen LogP contribution is -2.35. The Labute approximate surface area is 186 Å². The van der Waals surface area contributed by atoms with Crippen molar-refractivity contribution < 1.29 is 19.1 Å². The molecular formula is C23H27N3O4S. The first-order valence-corrected chi connectivity index (χ1v) is 11.4. The van der Waals surface area contributed by atoms with Gasteiger partial charge in [-0.2, -0.15) is 5.10 Å². The van der Waals surface area contributed by atoms with Gasteiger partial charge in [-0.15, -0.1) is 11.8 Å². The summed E-state index contributed by atoms with van der Waals surface area (Å²) in [7, 11) is 0. The van der Waals surface area contributed by atoms with Gasteiger partial charge in [0.15, 0.2) is 6.61 Å². The Bertz CT molecular complexity index is 853. The molecule has 2 aromatic carbocycles. The van der Waals surface area contributed by atoms with Crippen molar-refractivity contribution in [1.82, 2.24) is 10.7 Å². The minimum Gasteiger partial charge on any atom is -0.484 e. The number of nitrogens with one attached hydrogen (secondary N) is 2. The summed E-state index contributed by atoms with van der Waals surface area (Å²) in [4.78, 5) is 23.7. The fourth-order valence-electron chi connectivity index (χ4n) is 2.93. The maximum Gasteiger partial charge on any atom is 0.258 e. The van der Waals surface area contributed by atoms with E-state index in [4.69, 9.17) is 9.47 Å². The maximum absolute atomic E-state index is 11.9. The molecule has 164 valence electrons. The van der Waals surface area contributed by atoms with E-state index in [1.807, 2.05) is 30.3 Å². The Morgan fingerprint density at radius 1 is 1.13 bits per heavy atom. The Morgan fingerprint density at radius 2 is 1.94 bits per heavy atom. The smallest absolute Gasteiger partial charge is 0.258 e. The molecule has 1 heterocycles. The molecule has 31 heavy (non-hydrogen) atoms. The van der Waals surface area contributed by atoms with Crippen LogP contribution in [0.1, 0.15) is 24.0 Å². The molecule has 0 unspecified atom stereocenters. The van der Waals surface area contributed by atoms with Crippen molar-refractivity contribution in [3.05, 3.63) is 65.7 Å². The van der Waals surface area contributed by atoms with Gasteiger partial charge in [0.25, 0.3) is 5.91 Å². The van der Waals surface area contributed by atoms with E-state index < -0.39 is 0 Å². The lowest BCUT2D eigenvalue weighted by atomic mass is 10.2. The van der Waals surface area contributed by atoms with E-state index in [1.165, 1.54) is 17.3 Å². The zero-order valence-electron chi connectivity index (χ0n) is 17.3. The standard InChI is InChI=1S/C23H27N3O4S/c27-22(24-14-21-7-4-12-29-21)15-30-20-10-8-18(9-11-20)13-25-26-23(28)17-31-16-19-5-2-1-3-6-19/h1-3,5-6,8-11,13,21H,4,7,12,14-17H2,(H,24,27)(H,26,28)/b25-13-/t21-/m0/s1. The number of nitrogens with zero attached hydrogens (tertiary/aromatic N) is 1. The zero-order valence-corrected chi connectivity index (χ0v) is 18.1. The second-order valence-corrected chi connectivity index (χ2v) is 8.05. The zero-order chi connectivity index (χ0) is 21.7. The van der Waals surface area contributed by atoms with Gasteiger partial charge in [0, 0.05) is 18.9 Å². The summed E-state index contributed by atoms with van der Waals surface area (Å²) in [5, 5.41) is 6.79. The van der Waals surface area contributed by atoms with Crippen molar-refractivity contribution in [3.63, 3.8) is 0 Å². The van der Waals surface area contributed by atoms with Gasteiger partial charge in [-0.05, 0) is 48.2 Å². The lowest BCUT2D eigenvalue weighted by molar-refractivity contribution is -0.123.